The summed E-state index contributed by atoms with van der Waals surface area (Å²) in [4.78, 5) is 32.7. The van der Waals surface area contributed by atoms with Crippen LogP contribution in [0.1, 0.15) is 43.4 Å². The number of carbonyl (C=O) groups is 2. The molecule has 0 radical (unpaired) electrons. The Bertz CT molecular complexity index is 1010. The molecular formula is C28H39N5O4. The minimum atomic E-state index is -0.999. The second-order valence-corrected chi connectivity index (χ2v) is 9.77. The summed E-state index contributed by atoms with van der Waals surface area (Å²) in [5.41, 5.74) is 2.40. The third-order valence-corrected chi connectivity index (χ3v) is 7.00. The van der Waals surface area contributed by atoms with Gasteiger partial charge in [0, 0.05) is 38.4 Å². The van der Waals surface area contributed by atoms with Gasteiger partial charge in [-0.25, -0.2) is 14.6 Å². The SMILES string of the molecule is O=C(O)[C@H](CCN(CCCCc1ccc2c(n1)NCCC2)CCOc1ccccc1)NC(=O)N1CCC1. The van der Waals surface area contributed by atoms with Crippen LogP contribution in [0.5, 0.6) is 5.75 Å². The molecule has 2 amide bonds. The minimum absolute atomic E-state index is 0.287. The lowest BCUT2D eigenvalue weighted by Crippen LogP contribution is -2.53. The van der Waals surface area contributed by atoms with E-state index in [9.17, 15) is 14.7 Å². The molecule has 0 aliphatic carbocycles. The third-order valence-electron chi connectivity index (χ3n) is 7.00. The molecule has 9 nitrogen and oxygen atoms in total. The molecule has 1 saturated heterocycles. The molecule has 1 fully saturated rings. The van der Waals surface area contributed by atoms with Gasteiger partial charge in [-0.3, -0.25) is 4.90 Å². The molecule has 0 bridgehead atoms. The van der Waals surface area contributed by atoms with Gasteiger partial charge in [0.1, 0.15) is 24.2 Å². The summed E-state index contributed by atoms with van der Waals surface area (Å²) in [5, 5.41) is 15.8. The Morgan fingerprint density at radius 2 is 1.92 bits per heavy atom. The zero-order valence-electron chi connectivity index (χ0n) is 21.5. The molecule has 1 aromatic carbocycles. The zero-order chi connectivity index (χ0) is 25.9. The summed E-state index contributed by atoms with van der Waals surface area (Å²) in [6.07, 6.45) is 6.43. The molecule has 9 heteroatoms. The number of pyridine rings is 1. The molecule has 200 valence electrons. The molecule has 2 aliphatic rings. The third kappa shape index (κ3) is 8.35. The van der Waals surface area contributed by atoms with Crippen molar-refractivity contribution in [3.8, 4) is 5.75 Å². The number of likely N-dealkylation sites (tertiary alicyclic amines) is 1. The van der Waals surface area contributed by atoms with Gasteiger partial charge in [0.05, 0.1) is 0 Å². The largest absolute Gasteiger partial charge is 0.492 e. The van der Waals surface area contributed by atoms with Gasteiger partial charge in [0.25, 0.3) is 0 Å². The van der Waals surface area contributed by atoms with E-state index in [1.165, 1.54) is 5.56 Å². The van der Waals surface area contributed by atoms with E-state index in [-0.39, 0.29) is 6.03 Å². The molecule has 1 aromatic heterocycles. The number of carboxylic acids is 1. The van der Waals surface area contributed by atoms with Gasteiger partial charge in [0.2, 0.25) is 0 Å². The lowest BCUT2D eigenvalue weighted by atomic mass is 10.1. The van der Waals surface area contributed by atoms with E-state index >= 15 is 0 Å². The molecular weight excluding hydrogens is 470 g/mol. The predicted octanol–water partition coefficient (Wildman–Crippen LogP) is 3.40. The number of aromatic nitrogens is 1. The van der Waals surface area contributed by atoms with E-state index < -0.39 is 12.0 Å². The number of para-hydroxylation sites is 1. The van der Waals surface area contributed by atoms with E-state index in [1.54, 1.807) is 4.90 Å². The summed E-state index contributed by atoms with van der Waals surface area (Å²) < 4.78 is 5.89. The van der Waals surface area contributed by atoms with Crippen molar-refractivity contribution < 1.29 is 19.4 Å². The fourth-order valence-electron chi connectivity index (χ4n) is 4.62. The second kappa shape index (κ2) is 13.8. The quantitative estimate of drug-likeness (QED) is 0.335. The molecule has 0 saturated carbocycles. The van der Waals surface area contributed by atoms with Gasteiger partial charge in [-0.05, 0) is 75.3 Å². The fraction of sp³-hybridized carbons (Fsp3) is 0.536. The number of fused-ring (bicyclic) bond motifs is 1. The number of hydrogen-bond donors (Lipinski definition) is 3. The number of nitrogens with one attached hydrogen (secondary N) is 2. The molecule has 0 unspecified atom stereocenters. The number of nitrogens with zero attached hydrogens (tertiary/aromatic N) is 3. The first kappa shape index (κ1) is 26.7. The molecule has 2 aromatic rings. The van der Waals surface area contributed by atoms with Crippen LogP contribution < -0.4 is 15.4 Å². The monoisotopic (exact) mass is 509 g/mol. The molecule has 0 spiro atoms. The summed E-state index contributed by atoms with van der Waals surface area (Å²) in [6.45, 7) is 4.96. The molecule has 37 heavy (non-hydrogen) atoms. The Morgan fingerprint density at radius 1 is 1.08 bits per heavy atom. The predicted molar refractivity (Wildman–Crippen MR) is 143 cm³/mol. The normalized spacial score (nSPS) is 15.3. The highest BCUT2D eigenvalue weighted by molar-refractivity contribution is 5.82. The number of ether oxygens (including phenoxy) is 1. The molecule has 4 rings (SSSR count). The number of amides is 2. The Morgan fingerprint density at radius 3 is 2.68 bits per heavy atom. The average Bonchev–Trinajstić information content (AvgIpc) is 2.87. The lowest BCUT2D eigenvalue weighted by molar-refractivity contribution is -0.139. The first-order chi connectivity index (χ1) is 18.1. The van der Waals surface area contributed by atoms with E-state index in [0.29, 0.717) is 39.2 Å². The minimum Gasteiger partial charge on any atom is -0.492 e. The van der Waals surface area contributed by atoms with Crippen molar-refractivity contribution in [3.05, 3.63) is 53.7 Å². The summed E-state index contributed by atoms with van der Waals surface area (Å²) >= 11 is 0. The van der Waals surface area contributed by atoms with Crippen LogP contribution in [-0.2, 0) is 17.6 Å². The highest BCUT2D eigenvalue weighted by Crippen LogP contribution is 2.20. The Hall–Kier alpha value is -3.33. The van der Waals surface area contributed by atoms with Crippen LogP contribution in [0.2, 0.25) is 0 Å². The van der Waals surface area contributed by atoms with Gasteiger partial charge >= 0.3 is 12.0 Å². The van der Waals surface area contributed by atoms with Crippen LogP contribution in [0.4, 0.5) is 10.6 Å². The van der Waals surface area contributed by atoms with Gasteiger partial charge in [-0.2, -0.15) is 0 Å². The van der Waals surface area contributed by atoms with Crippen LogP contribution >= 0.6 is 0 Å². The van der Waals surface area contributed by atoms with Crippen molar-refractivity contribution >= 4 is 17.8 Å². The smallest absolute Gasteiger partial charge is 0.326 e. The number of hydrogen-bond acceptors (Lipinski definition) is 6. The van der Waals surface area contributed by atoms with Crippen molar-refractivity contribution in [1.82, 2.24) is 20.1 Å². The highest BCUT2D eigenvalue weighted by Gasteiger charge is 2.26. The van der Waals surface area contributed by atoms with E-state index in [1.807, 2.05) is 30.3 Å². The molecule has 3 N–H and O–H groups in total. The van der Waals surface area contributed by atoms with Crippen LogP contribution in [0, 0.1) is 0 Å². The van der Waals surface area contributed by atoms with Crippen LogP contribution in [0.15, 0.2) is 42.5 Å². The van der Waals surface area contributed by atoms with E-state index in [0.717, 1.165) is 68.9 Å². The molecule has 3 heterocycles. The van der Waals surface area contributed by atoms with Gasteiger partial charge in [-0.1, -0.05) is 24.3 Å². The second-order valence-electron chi connectivity index (χ2n) is 9.77. The maximum Gasteiger partial charge on any atom is 0.326 e. The number of aryl methyl sites for hydroxylation is 2. The molecule has 2 aliphatic heterocycles. The standard InChI is InChI=1S/C28H39N5O4/c34-27(35)25(31-28(36)33-17-7-18-33)14-19-32(20-21-37-24-10-2-1-3-11-24)16-5-4-9-23-13-12-22-8-6-15-29-26(22)30-23/h1-3,10-13,25H,4-9,14-21H2,(H,29,30)(H,31,36)(H,34,35)/t25-/m0/s1. The number of anilines is 1. The maximum absolute atomic E-state index is 12.3. The number of rotatable bonds is 14. The Labute approximate surface area is 219 Å². The Balaban J connectivity index is 1.26. The van der Waals surface area contributed by atoms with Crippen molar-refractivity contribution in [2.24, 2.45) is 0 Å². The number of benzene rings is 1. The molecule has 1 atom stereocenters. The van der Waals surface area contributed by atoms with Crippen molar-refractivity contribution in [1.29, 1.82) is 0 Å². The average molecular weight is 510 g/mol. The zero-order valence-corrected chi connectivity index (χ0v) is 21.5. The summed E-state index contributed by atoms with van der Waals surface area (Å²) in [6, 6.07) is 12.8. The summed E-state index contributed by atoms with van der Waals surface area (Å²) in [7, 11) is 0. The Kier molecular flexibility index (Phi) is 9.99. The summed E-state index contributed by atoms with van der Waals surface area (Å²) in [5.74, 6) is 0.852. The number of aliphatic carboxylic acids is 1. The fourth-order valence-corrected chi connectivity index (χ4v) is 4.62. The van der Waals surface area contributed by atoms with Gasteiger partial charge < -0.3 is 25.4 Å². The number of carbonyl (C=O) groups excluding carboxylic acids is 1. The van der Waals surface area contributed by atoms with Crippen molar-refractivity contribution in [2.75, 3.05) is 51.2 Å². The van der Waals surface area contributed by atoms with E-state index in [4.69, 9.17) is 9.72 Å². The van der Waals surface area contributed by atoms with E-state index in [2.05, 4.69) is 27.7 Å². The number of carboxylic acid groups (broad SMARTS) is 1. The highest BCUT2D eigenvalue weighted by atomic mass is 16.5. The van der Waals surface area contributed by atoms with Crippen LogP contribution in [-0.4, -0.2) is 83.8 Å². The topological polar surface area (TPSA) is 107 Å². The maximum atomic E-state index is 12.3. The van der Waals surface area contributed by atoms with Crippen LogP contribution in [0.3, 0.4) is 0 Å². The number of unbranched alkanes of at least 4 members (excludes halogenated alkanes) is 1. The van der Waals surface area contributed by atoms with Crippen molar-refractivity contribution in [3.63, 3.8) is 0 Å². The van der Waals surface area contributed by atoms with Crippen molar-refractivity contribution in [2.45, 2.75) is 51.0 Å². The first-order valence-electron chi connectivity index (χ1n) is 13.5. The lowest BCUT2D eigenvalue weighted by Gasteiger charge is -2.32. The first-order valence-corrected chi connectivity index (χ1v) is 13.5. The van der Waals surface area contributed by atoms with Crippen LogP contribution in [0.25, 0.3) is 0 Å². The van der Waals surface area contributed by atoms with Gasteiger partial charge in [-0.15, -0.1) is 0 Å². The number of urea groups is 1. The van der Waals surface area contributed by atoms with Gasteiger partial charge in [0.15, 0.2) is 0 Å².